The average molecular weight is 238 g/mol. The van der Waals surface area contributed by atoms with Crippen LogP contribution in [0.1, 0.15) is 45.4 Å². The quantitative estimate of drug-likeness (QED) is 0.795. The molecule has 17 heavy (non-hydrogen) atoms. The number of hydrogen-bond acceptors (Lipinski definition) is 2. The summed E-state index contributed by atoms with van der Waals surface area (Å²) in [6.45, 7) is 5.78. The second-order valence-corrected chi connectivity index (χ2v) is 5.74. The molecule has 0 aromatic rings. The van der Waals surface area contributed by atoms with Crippen LogP contribution in [0.25, 0.3) is 0 Å². The van der Waals surface area contributed by atoms with E-state index < -0.39 is 0 Å². The molecule has 1 heterocycles. The van der Waals surface area contributed by atoms with Crippen molar-refractivity contribution in [1.82, 2.24) is 10.2 Å². The number of carbonyl (C=O) groups is 1. The van der Waals surface area contributed by atoms with E-state index in [-0.39, 0.29) is 0 Å². The van der Waals surface area contributed by atoms with Crippen molar-refractivity contribution < 1.29 is 4.79 Å². The largest absolute Gasteiger partial charge is 0.342 e. The highest BCUT2D eigenvalue weighted by atomic mass is 16.2. The van der Waals surface area contributed by atoms with E-state index in [1.54, 1.807) is 0 Å². The van der Waals surface area contributed by atoms with Gasteiger partial charge in [0.1, 0.15) is 0 Å². The molecular formula is C14H26N2O. The van der Waals surface area contributed by atoms with Crippen LogP contribution in [0.5, 0.6) is 0 Å². The van der Waals surface area contributed by atoms with E-state index in [1.807, 2.05) is 4.90 Å². The summed E-state index contributed by atoms with van der Waals surface area (Å²) in [6, 6.07) is 0. The molecule has 0 aromatic heterocycles. The SMILES string of the molecule is CC(CNCC(=O)N1CCCCCC1)C1CC1. The first kappa shape index (κ1) is 12.9. The van der Waals surface area contributed by atoms with Crippen molar-refractivity contribution in [3.8, 4) is 0 Å². The van der Waals surface area contributed by atoms with Gasteiger partial charge in [0.15, 0.2) is 0 Å². The van der Waals surface area contributed by atoms with Crippen molar-refractivity contribution in [2.75, 3.05) is 26.2 Å². The molecule has 1 aliphatic heterocycles. The van der Waals surface area contributed by atoms with Gasteiger partial charge < -0.3 is 10.2 Å². The summed E-state index contributed by atoms with van der Waals surface area (Å²) < 4.78 is 0. The summed E-state index contributed by atoms with van der Waals surface area (Å²) in [5.74, 6) is 1.97. The van der Waals surface area contributed by atoms with Gasteiger partial charge >= 0.3 is 0 Å². The summed E-state index contributed by atoms with van der Waals surface area (Å²) in [7, 11) is 0. The fourth-order valence-corrected chi connectivity index (χ4v) is 2.67. The lowest BCUT2D eigenvalue weighted by Crippen LogP contribution is -2.39. The van der Waals surface area contributed by atoms with E-state index >= 15 is 0 Å². The molecule has 3 nitrogen and oxygen atoms in total. The molecule has 1 N–H and O–H groups in total. The second-order valence-electron chi connectivity index (χ2n) is 5.74. The second kappa shape index (κ2) is 6.39. The Labute approximate surface area is 105 Å². The minimum atomic E-state index is 0.301. The Balaban J connectivity index is 1.61. The van der Waals surface area contributed by atoms with Gasteiger partial charge in [0.25, 0.3) is 0 Å². The van der Waals surface area contributed by atoms with Crippen LogP contribution in [0, 0.1) is 11.8 Å². The molecule has 0 bridgehead atoms. The summed E-state index contributed by atoms with van der Waals surface area (Å²) in [6.07, 6.45) is 7.73. The lowest BCUT2D eigenvalue weighted by atomic mass is 10.1. The zero-order valence-corrected chi connectivity index (χ0v) is 11.1. The zero-order chi connectivity index (χ0) is 12.1. The van der Waals surface area contributed by atoms with Gasteiger partial charge in [0.2, 0.25) is 5.91 Å². The Kier molecular flexibility index (Phi) is 4.84. The summed E-state index contributed by atoms with van der Waals surface area (Å²) in [5.41, 5.74) is 0. The highest BCUT2D eigenvalue weighted by Gasteiger charge is 2.27. The highest BCUT2D eigenvalue weighted by Crippen LogP contribution is 2.35. The van der Waals surface area contributed by atoms with Gasteiger partial charge in [-0.15, -0.1) is 0 Å². The fraction of sp³-hybridized carbons (Fsp3) is 0.929. The number of nitrogens with one attached hydrogen (secondary N) is 1. The smallest absolute Gasteiger partial charge is 0.236 e. The average Bonchev–Trinajstić information content (AvgIpc) is 3.15. The van der Waals surface area contributed by atoms with Gasteiger partial charge in [0.05, 0.1) is 6.54 Å². The third-order valence-electron chi connectivity index (χ3n) is 4.13. The predicted molar refractivity (Wildman–Crippen MR) is 69.8 cm³/mol. The van der Waals surface area contributed by atoms with E-state index in [0.29, 0.717) is 12.5 Å². The summed E-state index contributed by atoms with van der Waals surface area (Å²) >= 11 is 0. The van der Waals surface area contributed by atoms with Gasteiger partial charge in [-0.05, 0) is 44.1 Å². The third kappa shape index (κ3) is 4.30. The Morgan fingerprint density at radius 2 is 1.88 bits per heavy atom. The van der Waals surface area contributed by atoms with Crippen molar-refractivity contribution in [1.29, 1.82) is 0 Å². The van der Waals surface area contributed by atoms with Crippen molar-refractivity contribution in [3.05, 3.63) is 0 Å². The highest BCUT2D eigenvalue weighted by molar-refractivity contribution is 5.78. The topological polar surface area (TPSA) is 32.3 Å². The van der Waals surface area contributed by atoms with E-state index in [9.17, 15) is 4.79 Å². The van der Waals surface area contributed by atoms with Crippen LogP contribution in [0.15, 0.2) is 0 Å². The van der Waals surface area contributed by atoms with Crippen molar-refractivity contribution in [3.63, 3.8) is 0 Å². The molecule has 2 rings (SSSR count). The molecule has 1 amide bonds. The van der Waals surface area contributed by atoms with Crippen LogP contribution >= 0.6 is 0 Å². The first-order chi connectivity index (χ1) is 8.27. The van der Waals surface area contributed by atoms with E-state index in [4.69, 9.17) is 0 Å². The first-order valence-corrected chi connectivity index (χ1v) is 7.26. The first-order valence-electron chi connectivity index (χ1n) is 7.26. The predicted octanol–water partition coefficient (Wildman–Crippen LogP) is 2.02. The number of nitrogens with zero attached hydrogens (tertiary/aromatic N) is 1. The Morgan fingerprint density at radius 3 is 2.47 bits per heavy atom. The Bertz CT molecular complexity index is 243. The maximum atomic E-state index is 12.0. The van der Waals surface area contributed by atoms with Crippen LogP contribution < -0.4 is 5.32 Å². The lowest BCUT2D eigenvalue weighted by Gasteiger charge is -2.21. The van der Waals surface area contributed by atoms with Gasteiger partial charge in [-0.2, -0.15) is 0 Å². The molecule has 1 saturated heterocycles. The van der Waals surface area contributed by atoms with Crippen LogP contribution in [-0.2, 0) is 4.79 Å². The van der Waals surface area contributed by atoms with Gasteiger partial charge in [-0.1, -0.05) is 19.8 Å². The lowest BCUT2D eigenvalue weighted by molar-refractivity contribution is -0.130. The van der Waals surface area contributed by atoms with Gasteiger partial charge in [-0.3, -0.25) is 4.79 Å². The van der Waals surface area contributed by atoms with E-state index in [0.717, 1.165) is 31.5 Å². The van der Waals surface area contributed by atoms with E-state index in [2.05, 4.69) is 12.2 Å². The standard InChI is InChI=1S/C14H26N2O/c1-12(13-6-7-13)10-15-11-14(17)16-8-4-2-3-5-9-16/h12-13,15H,2-11H2,1H3. The molecular weight excluding hydrogens is 212 g/mol. The number of rotatable bonds is 5. The molecule has 3 heteroatoms. The number of hydrogen-bond donors (Lipinski definition) is 1. The zero-order valence-electron chi connectivity index (χ0n) is 11.1. The number of amides is 1. The van der Waals surface area contributed by atoms with Crippen molar-refractivity contribution >= 4 is 5.91 Å². The van der Waals surface area contributed by atoms with Crippen LogP contribution in [-0.4, -0.2) is 37.0 Å². The molecule has 1 atom stereocenters. The summed E-state index contributed by atoms with van der Waals surface area (Å²) in [5, 5.41) is 3.33. The molecule has 0 radical (unpaired) electrons. The third-order valence-corrected chi connectivity index (χ3v) is 4.13. The number of carbonyl (C=O) groups excluding carboxylic acids is 1. The molecule has 2 aliphatic rings. The maximum absolute atomic E-state index is 12.0. The molecule has 0 spiro atoms. The molecule has 98 valence electrons. The normalized spacial score (nSPS) is 23.2. The molecule has 1 saturated carbocycles. The monoisotopic (exact) mass is 238 g/mol. The molecule has 2 fully saturated rings. The van der Waals surface area contributed by atoms with Crippen LogP contribution in [0.4, 0.5) is 0 Å². The molecule has 1 unspecified atom stereocenters. The van der Waals surface area contributed by atoms with E-state index in [1.165, 1.54) is 38.5 Å². The number of likely N-dealkylation sites (tertiary alicyclic amines) is 1. The molecule has 1 aliphatic carbocycles. The molecule has 0 aromatic carbocycles. The van der Waals surface area contributed by atoms with Crippen LogP contribution in [0.3, 0.4) is 0 Å². The minimum absolute atomic E-state index is 0.301. The van der Waals surface area contributed by atoms with Crippen molar-refractivity contribution in [2.45, 2.75) is 45.4 Å². The van der Waals surface area contributed by atoms with Gasteiger partial charge in [-0.25, -0.2) is 0 Å². The van der Waals surface area contributed by atoms with Crippen LogP contribution in [0.2, 0.25) is 0 Å². The van der Waals surface area contributed by atoms with Crippen molar-refractivity contribution in [2.24, 2.45) is 11.8 Å². The van der Waals surface area contributed by atoms with Gasteiger partial charge in [0, 0.05) is 13.1 Å². The Morgan fingerprint density at radius 1 is 1.24 bits per heavy atom. The maximum Gasteiger partial charge on any atom is 0.236 e. The minimum Gasteiger partial charge on any atom is -0.342 e. The fourth-order valence-electron chi connectivity index (χ4n) is 2.67. The summed E-state index contributed by atoms with van der Waals surface area (Å²) in [4.78, 5) is 14.0. The Hall–Kier alpha value is -0.570.